The van der Waals surface area contributed by atoms with Crippen LogP contribution in [0, 0.1) is 11.6 Å². The van der Waals surface area contributed by atoms with Gasteiger partial charge >= 0.3 is 0 Å². The zero-order valence-electron chi connectivity index (χ0n) is 11.8. The van der Waals surface area contributed by atoms with E-state index < -0.39 is 11.6 Å². The van der Waals surface area contributed by atoms with E-state index in [2.05, 4.69) is 5.32 Å². The Balaban J connectivity index is 2.43. The quantitative estimate of drug-likeness (QED) is 0.883. The van der Waals surface area contributed by atoms with E-state index in [1.165, 1.54) is 7.11 Å². The van der Waals surface area contributed by atoms with Gasteiger partial charge in [0.05, 0.1) is 12.7 Å². The number of hydrogen-bond acceptors (Lipinski definition) is 2. The Labute approximate surface area is 127 Å². The van der Waals surface area contributed by atoms with Crippen molar-refractivity contribution < 1.29 is 13.5 Å². The molecule has 0 saturated heterocycles. The summed E-state index contributed by atoms with van der Waals surface area (Å²) in [5.74, 6) is -1.27. The molecule has 0 saturated carbocycles. The second kappa shape index (κ2) is 6.87. The van der Waals surface area contributed by atoms with Crippen LogP contribution in [0.4, 0.5) is 8.78 Å². The molecular weight excluding hydrogens is 296 g/mol. The number of hydrogen-bond donors (Lipinski definition) is 1. The summed E-state index contributed by atoms with van der Waals surface area (Å²) in [6.07, 6.45) is 0. The minimum absolute atomic E-state index is 0.133. The van der Waals surface area contributed by atoms with Crippen LogP contribution in [0.5, 0.6) is 5.75 Å². The SMILES string of the molecule is CCNCc1ccc(-c2c(F)cc(OC)cc2F)c(Cl)c1. The Morgan fingerprint density at radius 2 is 1.81 bits per heavy atom. The van der Waals surface area contributed by atoms with Gasteiger partial charge in [0, 0.05) is 29.3 Å². The summed E-state index contributed by atoms with van der Waals surface area (Å²) in [4.78, 5) is 0. The summed E-state index contributed by atoms with van der Waals surface area (Å²) in [7, 11) is 1.36. The molecule has 0 amide bonds. The predicted molar refractivity (Wildman–Crippen MR) is 80.7 cm³/mol. The van der Waals surface area contributed by atoms with E-state index >= 15 is 0 Å². The molecule has 0 aliphatic rings. The van der Waals surface area contributed by atoms with Crippen molar-refractivity contribution in [3.05, 3.63) is 52.6 Å². The normalized spacial score (nSPS) is 10.7. The average molecular weight is 312 g/mol. The molecule has 0 radical (unpaired) electrons. The molecule has 0 fully saturated rings. The standard InChI is InChI=1S/C16H16ClF2NO/c1-3-20-9-10-4-5-12(13(17)6-10)16-14(18)7-11(21-2)8-15(16)19/h4-8,20H,3,9H2,1-2H3. The molecule has 2 rings (SSSR count). The van der Waals surface area contributed by atoms with Gasteiger partial charge in [0.2, 0.25) is 0 Å². The Morgan fingerprint density at radius 3 is 2.33 bits per heavy atom. The van der Waals surface area contributed by atoms with E-state index in [0.29, 0.717) is 17.1 Å². The highest BCUT2D eigenvalue weighted by molar-refractivity contribution is 6.33. The van der Waals surface area contributed by atoms with E-state index in [-0.39, 0.29) is 11.3 Å². The van der Waals surface area contributed by atoms with E-state index in [1.807, 2.05) is 6.92 Å². The third-order valence-electron chi connectivity index (χ3n) is 3.13. The van der Waals surface area contributed by atoms with Gasteiger partial charge in [-0.05, 0) is 18.2 Å². The molecule has 0 aliphatic heterocycles. The fraction of sp³-hybridized carbons (Fsp3) is 0.250. The molecule has 0 atom stereocenters. The maximum atomic E-state index is 14.1. The minimum atomic E-state index is -0.701. The second-order valence-electron chi connectivity index (χ2n) is 4.56. The van der Waals surface area contributed by atoms with Gasteiger partial charge in [-0.25, -0.2) is 8.78 Å². The molecule has 0 unspecified atom stereocenters. The second-order valence-corrected chi connectivity index (χ2v) is 4.97. The van der Waals surface area contributed by atoms with Gasteiger partial charge in [-0.1, -0.05) is 30.7 Å². The van der Waals surface area contributed by atoms with E-state index in [4.69, 9.17) is 16.3 Å². The molecule has 0 spiro atoms. The van der Waals surface area contributed by atoms with Gasteiger partial charge in [-0.15, -0.1) is 0 Å². The van der Waals surface area contributed by atoms with Crippen LogP contribution in [0.1, 0.15) is 12.5 Å². The van der Waals surface area contributed by atoms with Crippen molar-refractivity contribution in [3.63, 3.8) is 0 Å². The molecule has 1 N–H and O–H groups in total. The first-order valence-corrected chi connectivity index (χ1v) is 6.97. The lowest BCUT2D eigenvalue weighted by Gasteiger charge is -2.11. The van der Waals surface area contributed by atoms with Gasteiger partial charge in [0.25, 0.3) is 0 Å². The molecule has 0 heterocycles. The highest BCUT2D eigenvalue weighted by atomic mass is 35.5. The summed E-state index contributed by atoms with van der Waals surface area (Å²) in [6.45, 7) is 3.49. The van der Waals surface area contributed by atoms with Gasteiger partial charge in [0.15, 0.2) is 0 Å². The Hall–Kier alpha value is -1.65. The Morgan fingerprint density at radius 1 is 1.14 bits per heavy atom. The van der Waals surface area contributed by atoms with Gasteiger partial charge < -0.3 is 10.1 Å². The lowest BCUT2D eigenvalue weighted by Crippen LogP contribution is -2.11. The summed E-state index contributed by atoms with van der Waals surface area (Å²) < 4.78 is 33.0. The largest absolute Gasteiger partial charge is 0.497 e. The van der Waals surface area contributed by atoms with Crippen LogP contribution in [-0.2, 0) is 6.54 Å². The third kappa shape index (κ3) is 3.52. The Bertz CT molecular complexity index is 623. The lowest BCUT2D eigenvalue weighted by molar-refractivity contribution is 0.407. The van der Waals surface area contributed by atoms with Crippen LogP contribution < -0.4 is 10.1 Å². The summed E-state index contributed by atoms with van der Waals surface area (Å²) in [6, 6.07) is 7.42. The molecule has 0 bridgehead atoms. The van der Waals surface area contributed by atoms with Gasteiger partial charge in [0.1, 0.15) is 17.4 Å². The number of ether oxygens (including phenoxy) is 1. The lowest BCUT2D eigenvalue weighted by atomic mass is 10.0. The number of benzene rings is 2. The first-order valence-electron chi connectivity index (χ1n) is 6.59. The first kappa shape index (κ1) is 15.7. The molecule has 0 aliphatic carbocycles. The van der Waals surface area contributed by atoms with Crippen molar-refractivity contribution in [2.45, 2.75) is 13.5 Å². The average Bonchev–Trinajstić information content (AvgIpc) is 2.46. The fourth-order valence-corrected chi connectivity index (χ4v) is 2.36. The smallest absolute Gasteiger partial charge is 0.137 e. The minimum Gasteiger partial charge on any atom is -0.497 e. The molecule has 0 aromatic heterocycles. The molecule has 2 nitrogen and oxygen atoms in total. The van der Waals surface area contributed by atoms with E-state index in [9.17, 15) is 8.78 Å². The van der Waals surface area contributed by atoms with Crippen LogP contribution >= 0.6 is 11.6 Å². The van der Waals surface area contributed by atoms with Crippen molar-refractivity contribution in [1.82, 2.24) is 5.32 Å². The van der Waals surface area contributed by atoms with Crippen molar-refractivity contribution in [1.29, 1.82) is 0 Å². The fourth-order valence-electron chi connectivity index (χ4n) is 2.07. The van der Waals surface area contributed by atoms with Crippen molar-refractivity contribution >= 4 is 11.6 Å². The molecule has 21 heavy (non-hydrogen) atoms. The Kier molecular flexibility index (Phi) is 5.15. The molecule has 2 aromatic rings. The third-order valence-corrected chi connectivity index (χ3v) is 3.45. The number of halogens is 3. The molecular formula is C16H16ClF2NO. The maximum Gasteiger partial charge on any atom is 0.137 e. The zero-order valence-corrected chi connectivity index (χ0v) is 12.6. The molecule has 112 valence electrons. The number of methoxy groups -OCH3 is 1. The van der Waals surface area contributed by atoms with E-state index in [1.54, 1.807) is 18.2 Å². The highest BCUT2D eigenvalue weighted by Gasteiger charge is 2.16. The van der Waals surface area contributed by atoms with Crippen molar-refractivity contribution in [3.8, 4) is 16.9 Å². The molecule has 5 heteroatoms. The topological polar surface area (TPSA) is 21.3 Å². The summed E-state index contributed by atoms with van der Waals surface area (Å²) in [5.41, 5.74) is 1.14. The van der Waals surface area contributed by atoms with Crippen LogP contribution in [0.3, 0.4) is 0 Å². The summed E-state index contributed by atoms with van der Waals surface area (Å²) >= 11 is 6.17. The monoisotopic (exact) mass is 311 g/mol. The maximum absolute atomic E-state index is 14.1. The zero-order chi connectivity index (χ0) is 15.4. The first-order chi connectivity index (χ1) is 10.1. The van der Waals surface area contributed by atoms with E-state index in [0.717, 1.165) is 24.2 Å². The van der Waals surface area contributed by atoms with Crippen molar-refractivity contribution in [2.24, 2.45) is 0 Å². The summed E-state index contributed by atoms with van der Waals surface area (Å²) in [5, 5.41) is 3.48. The highest BCUT2D eigenvalue weighted by Crippen LogP contribution is 2.34. The van der Waals surface area contributed by atoms with Crippen LogP contribution in [0.2, 0.25) is 5.02 Å². The van der Waals surface area contributed by atoms with Gasteiger partial charge in [-0.3, -0.25) is 0 Å². The van der Waals surface area contributed by atoms with Crippen LogP contribution in [-0.4, -0.2) is 13.7 Å². The van der Waals surface area contributed by atoms with Crippen LogP contribution in [0.15, 0.2) is 30.3 Å². The van der Waals surface area contributed by atoms with Crippen molar-refractivity contribution in [2.75, 3.05) is 13.7 Å². The van der Waals surface area contributed by atoms with Gasteiger partial charge in [-0.2, -0.15) is 0 Å². The number of nitrogens with one attached hydrogen (secondary N) is 1. The number of rotatable bonds is 5. The van der Waals surface area contributed by atoms with Crippen LogP contribution in [0.25, 0.3) is 11.1 Å². The molecule has 2 aromatic carbocycles. The predicted octanol–water partition coefficient (Wildman–Crippen LogP) is 4.40.